The molecule has 218 valence electrons. The largest absolute Gasteiger partial charge is 0.301 e. The van der Waals surface area contributed by atoms with Gasteiger partial charge in [0.05, 0.1) is 13.1 Å². The molecular weight excluding hydrogens is 1080 g/mol. The molecule has 0 aromatic carbocycles. The fraction of sp³-hybridized carbons (Fsp3) is 1.00. The van der Waals surface area contributed by atoms with E-state index in [0.717, 1.165) is 6.42 Å². The van der Waals surface area contributed by atoms with Gasteiger partial charge in [-0.15, -0.1) is 0 Å². The smallest absolute Gasteiger partial charge is 0.0820 e. The standard InChI is InChI=1S/C3H8OS32/c1-2-3-4-36(6,7)35-34-33-32-31-30-29-28-27-26-25-24-23-22-21-20-19-18-17-16-15-14-13-12-11-10-9-8-5/h5H,2-3H2,1H3. The zero-order valence-electron chi connectivity index (χ0n) is 15.9. The molecule has 0 amide bonds. The Morgan fingerprint density at radius 1 is 0.472 bits per heavy atom. The molecule has 0 saturated heterocycles. The molecule has 0 aromatic rings. The Bertz CT molecular complexity index is 504. The maximum Gasteiger partial charge on any atom is 0.0820 e. The molecule has 36 heavy (non-hydrogen) atoms. The van der Waals surface area contributed by atoms with Crippen LogP contribution >= 0.6 is 287 Å². The molecule has 0 N–H and O–H groups in total. The highest BCUT2D eigenvalue weighted by molar-refractivity contribution is 9.60. The van der Waals surface area contributed by atoms with Crippen molar-refractivity contribution in [2.75, 3.05) is 6.61 Å². The van der Waals surface area contributed by atoms with Crippen LogP contribution in [0, 0.1) is 0 Å². The summed E-state index contributed by atoms with van der Waals surface area (Å²) in [6.07, 6.45) is 0.951. The van der Waals surface area contributed by atoms with Gasteiger partial charge in [-0.05, 0) is 107 Å². The van der Waals surface area contributed by atoms with E-state index < -0.39 is 6.46 Å². The van der Waals surface area contributed by atoms with Gasteiger partial charge in [-0.3, -0.25) is 0 Å². The van der Waals surface area contributed by atoms with Crippen LogP contribution < -0.4 is 0 Å². The Morgan fingerprint density at radius 3 is 0.972 bits per heavy atom. The molecule has 0 spiro atoms. The Balaban J connectivity index is 3.11. The van der Waals surface area contributed by atoms with Crippen LogP contribution in [0.4, 0.5) is 0 Å². The lowest BCUT2D eigenvalue weighted by atomic mass is 10.5. The maximum absolute atomic E-state index is 5.53. The predicted octanol–water partition coefficient (Wildman–Crippen LogP) is 19.4. The van der Waals surface area contributed by atoms with Crippen molar-refractivity contribution in [3.63, 3.8) is 0 Å². The molecule has 33 heteroatoms. The van der Waals surface area contributed by atoms with Crippen molar-refractivity contribution >= 4 is 316 Å². The topological polar surface area (TPSA) is 9.23 Å². The lowest BCUT2D eigenvalue weighted by molar-refractivity contribution is 0.374. The van der Waals surface area contributed by atoms with E-state index in [-0.39, 0.29) is 0 Å². The Morgan fingerprint density at radius 2 is 0.722 bits per heavy atom. The van der Waals surface area contributed by atoms with Crippen molar-refractivity contribution in [1.82, 2.24) is 0 Å². The van der Waals surface area contributed by atoms with Crippen LogP contribution in [-0.4, -0.2) is 6.61 Å². The fourth-order valence-corrected chi connectivity index (χ4v) is 80.0. The number of thiol groups is 1. The predicted molar refractivity (Wildman–Crippen MR) is 260 cm³/mol. The minimum absolute atomic E-state index is 0.653. The minimum Gasteiger partial charge on any atom is -0.301 e. The summed E-state index contributed by atoms with van der Waals surface area (Å²) in [5.74, 6) is 0. The Kier molecular flexibility index (Phi) is 52.5. The second-order valence-electron chi connectivity index (χ2n) is 3.14. The van der Waals surface area contributed by atoms with Gasteiger partial charge in [0.25, 0.3) is 0 Å². The van der Waals surface area contributed by atoms with Crippen molar-refractivity contribution in [3.8, 4) is 0 Å². The monoisotopic (exact) mass is 1080 g/mol. The van der Waals surface area contributed by atoms with E-state index in [9.17, 15) is 0 Å². The van der Waals surface area contributed by atoms with Gasteiger partial charge >= 0.3 is 0 Å². The van der Waals surface area contributed by atoms with Gasteiger partial charge < -0.3 is 4.18 Å². The molecule has 0 aliphatic carbocycles. The summed E-state index contributed by atoms with van der Waals surface area (Å²) in [6.45, 7) is 0.903. The van der Waals surface area contributed by atoms with E-state index in [1.807, 2.05) is 98.3 Å². The summed E-state index contributed by atoms with van der Waals surface area (Å²) in [5, 5.41) is 0. The molecule has 0 radical (unpaired) electrons. The number of hydrogen-bond donors (Lipinski definition) is 1. The van der Waals surface area contributed by atoms with Gasteiger partial charge in [0.2, 0.25) is 0 Å². The number of rotatable bonds is 31. The van der Waals surface area contributed by atoms with E-state index >= 15 is 0 Å². The van der Waals surface area contributed by atoms with Gasteiger partial charge in [-0.25, -0.2) is 0 Å². The van der Waals surface area contributed by atoms with Gasteiger partial charge in [-0.2, -0.15) is 0 Å². The summed E-state index contributed by atoms with van der Waals surface area (Å²) < 4.78 is 5.53. The van der Waals surface area contributed by atoms with Crippen LogP contribution in [0.2, 0.25) is 0 Å². The highest BCUT2D eigenvalue weighted by Crippen LogP contribution is 2.66. The molecule has 0 bridgehead atoms. The van der Waals surface area contributed by atoms with E-state index in [4.69, 9.17) is 26.6 Å². The highest BCUT2D eigenvalue weighted by atomic mass is 34.1. The first kappa shape index (κ1) is 46.9. The van der Waals surface area contributed by atoms with E-state index in [2.05, 4.69) is 18.6 Å². The second kappa shape index (κ2) is 40.3. The highest BCUT2D eigenvalue weighted by Gasteiger charge is 2.05. The summed E-state index contributed by atoms with van der Waals surface area (Å²) in [6, 6.07) is 0. The van der Waals surface area contributed by atoms with Crippen LogP contribution in [0.3, 0.4) is 0 Å². The molecule has 0 heterocycles. The van der Waals surface area contributed by atoms with Crippen LogP contribution in [0.1, 0.15) is 13.3 Å². The van der Waals surface area contributed by atoms with E-state index in [0.29, 0.717) is 6.61 Å². The molecule has 0 aromatic heterocycles. The van der Waals surface area contributed by atoms with Gasteiger partial charge in [0, 0.05) is 197 Å². The van der Waals surface area contributed by atoms with Crippen LogP contribution in [0.15, 0.2) is 0 Å². The normalized spacial score (nSPS) is 11.9. The first-order valence-corrected chi connectivity index (χ1v) is 48.6. The zero-order chi connectivity index (χ0) is 26.4. The lowest BCUT2D eigenvalue weighted by Crippen LogP contribution is -1.96. The summed E-state index contributed by atoms with van der Waals surface area (Å²) in [4.78, 5) is 0. The van der Waals surface area contributed by atoms with Crippen molar-refractivity contribution in [2.24, 2.45) is 0 Å². The molecule has 0 atom stereocenters. The third-order valence-electron chi connectivity index (χ3n) is 1.27. The molecule has 0 aliphatic heterocycles. The van der Waals surface area contributed by atoms with Crippen LogP contribution in [0.25, 0.3) is 0 Å². The molecule has 0 aliphatic rings. The van der Waals surface area contributed by atoms with E-state index in [1.165, 1.54) is 19.7 Å². The third kappa shape index (κ3) is 41.1. The lowest BCUT2D eigenvalue weighted by Gasteiger charge is -2.07. The molecule has 0 saturated carbocycles. The molecule has 0 unspecified atom stereocenters. The molecular formula is C3H8OS32. The summed E-state index contributed by atoms with van der Waals surface area (Å²) in [5.41, 5.74) is 0. The van der Waals surface area contributed by atoms with Crippen LogP contribution in [-0.2, 0) is 33.0 Å². The number of hydrogen-bond acceptors (Lipinski definition) is 32. The minimum atomic E-state index is -1.81. The first-order chi connectivity index (χ1) is 17.6. The average Bonchev–Trinajstić information content (AvgIpc) is 2.87. The Labute approximate surface area is 331 Å². The van der Waals surface area contributed by atoms with Crippen molar-refractivity contribution in [2.45, 2.75) is 13.3 Å². The van der Waals surface area contributed by atoms with Crippen LogP contribution in [0.5, 0.6) is 0 Å². The van der Waals surface area contributed by atoms with E-state index in [1.54, 1.807) is 157 Å². The Hall–Kier alpha value is 10.9. The molecule has 1 nitrogen and oxygen atoms in total. The maximum atomic E-state index is 5.53. The average molecular weight is 1090 g/mol. The zero-order valence-corrected chi connectivity index (χ0v) is 42.1. The summed E-state index contributed by atoms with van der Waals surface area (Å²) in [7, 11) is 49.2. The molecule has 0 fully saturated rings. The van der Waals surface area contributed by atoms with Crippen molar-refractivity contribution in [3.05, 3.63) is 0 Å². The van der Waals surface area contributed by atoms with Crippen molar-refractivity contribution in [1.29, 1.82) is 0 Å². The SMILES string of the molecule is CCCOS(=S)(=S)SSSSSSSSSSSSSSSSSSSSSSSSSSSSS. The van der Waals surface area contributed by atoms with Gasteiger partial charge in [-0.1, -0.05) is 18.6 Å². The quantitative estimate of drug-likeness (QED) is 0.0401. The van der Waals surface area contributed by atoms with Crippen molar-refractivity contribution < 1.29 is 4.18 Å². The third-order valence-corrected chi connectivity index (χ3v) is 68.0. The van der Waals surface area contributed by atoms with Gasteiger partial charge in [0.1, 0.15) is 0 Å². The second-order valence-corrected chi connectivity index (χ2v) is 60.0. The fourth-order valence-electron chi connectivity index (χ4n) is 0.535. The first-order valence-electron chi connectivity index (χ1n) is 6.85. The molecule has 0 rings (SSSR count). The van der Waals surface area contributed by atoms with Gasteiger partial charge in [0.15, 0.2) is 0 Å². The summed E-state index contributed by atoms with van der Waals surface area (Å²) >= 11 is 14.7.